The average Bonchev–Trinajstić information content (AvgIpc) is 2.46. The Morgan fingerprint density at radius 3 is 2.62 bits per heavy atom. The first-order valence-electron chi connectivity index (χ1n) is 6.84. The lowest BCUT2D eigenvalue weighted by Crippen LogP contribution is -2.15. The number of anilines is 1. The van der Waals surface area contributed by atoms with Gasteiger partial charge in [0.2, 0.25) is 0 Å². The van der Waals surface area contributed by atoms with Gasteiger partial charge in [0.05, 0.1) is 0 Å². The van der Waals surface area contributed by atoms with Gasteiger partial charge in [0.25, 0.3) is 0 Å². The van der Waals surface area contributed by atoms with Crippen molar-refractivity contribution < 1.29 is 9.47 Å². The van der Waals surface area contributed by atoms with Gasteiger partial charge < -0.3 is 15.2 Å². The van der Waals surface area contributed by atoms with Crippen LogP contribution in [-0.2, 0) is 0 Å². The summed E-state index contributed by atoms with van der Waals surface area (Å²) < 4.78 is 11.1. The van der Waals surface area contributed by atoms with Crippen molar-refractivity contribution in [2.45, 2.75) is 29.7 Å². The predicted octanol–water partition coefficient (Wildman–Crippen LogP) is 3.10. The summed E-state index contributed by atoms with van der Waals surface area (Å²) >= 11 is 1.54. The number of hydrogen-bond acceptors (Lipinski definition) is 6. The van der Waals surface area contributed by atoms with Gasteiger partial charge in [-0.05, 0) is 18.2 Å². The average molecular weight is 303 g/mol. The summed E-state index contributed by atoms with van der Waals surface area (Å²) in [5.74, 6) is 3.06. The molecule has 0 unspecified atom stereocenters. The lowest BCUT2D eigenvalue weighted by molar-refractivity contribution is 0.171. The summed E-state index contributed by atoms with van der Waals surface area (Å²) in [6.07, 6.45) is 0. The smallest absolute Gasteiger partial charge is 0.162 e. The molecule has 0 saturated carbocycles. The zero-order chi connectivity index (χ0) is 14.8. The summed E-state index contributed by atoms with van der Waals surface area (Å²) in [5, 5.41) is 0.836. The van der Waals surface area contributed by atoms with Crippen LogP contribution in [-0.4, -0.2) is 23.2 Å². The molecular weight excluding hydrogens is 286 g/mol. The molecule has 6 heteroatoms. The molecule has 0 amide bonds. The highest BCUT2D eigenvalue weighted by atomic mass is 32.2. The number of rotatable bonds is 3. The Balaban J connectivity index is 1.86. The van der Waals surface area contributed by atoms with E-state index in [2.05, 4.69) is 9.97 Å². The standard InChI is InChI=1S/C15H17N3O2S/c1-9(2)15-17-13(16)8-14(18-15)21-10-3-4-11-12(7-10)20-6-5-19-11/h3-4,7-9H,5-6H2,1-2H3,(H2,16,17,18). The second-order valence-electron chi connectivity index (χ2n) is 5.05. The van der Waals surface area contributed by atoms with Crippen molar-refractivity contribution in [2.75, 3.05) is 18.9 Å². The third-order valence-electron chi connectivity index (χ3n) is 2.99. The van der Waals surface area contributed by atoms with Crippen LogP contribution in [0.3, 0.4) is 0 Å². The molecule has 5 nitrogen and oxygen atoms in total. The quantitative estimate of drug-likeness (QED) is 0.879. The van der Waals surface area contributed by atoms with Gasteiger partial charge >= 0.3 is 0 Å². The third kappa shape index (κ3) is 3.21. The number of aromatic nitrogens is 2. The van der Waals surface area contributed by atoms with Crippen LogP contribution in [0.15, 0.2) is 34.2 Å². The van der Waals surface area contributed by atoms with Crippen molar-refractivity contribution in [3.63, 3.8) is 0 Å². The van der Waals surface area contributed by atoms with E-state index in [1.54, 1.807) is 6.07 Å². The van der Waals surface area contributed by atoms with Crippen LogP contribution in [0.5, 0.6) is 11.5 Å². The van der Waals surface area contributed by atoms with Crippen molar-refractivity contribution >= 4 is 17.6 Å². The first kappa shape index (κ1) is 14.0. The Hall–Kier alpha value is -1.95. The van der Waals surface area contributed by atoms with E-state index in [4.69, 9.17) is 15.2 Å². The Bertz CT molecular complexity index is 661. The minimum Gasteiger partial charge on any atom is -0.486 e. The zero-order valence-electron chi connectivity index (χ0n) is 12.0. The molecule has 0 radical (unpaired) electrons. The lowest BCUT2D eigenvalue weighted by Gasteiger charge is -2.18. The van der Waals surface area contributed by atoms with Gasteiger partial charge in [0, 0.05) is 16.9 Å². The largest absolute Gasteiger partial charge is 0.486 e. The van der Waals surface area contributed by atoms with Crippen molar-refractivity contribution in [3.05, 3.63) is 30.1 Å². The normalized spacial score (nSPS) is 13.5. The molecule has 0 fully saturated rings. The Morgan fingerprint density at radius 1 is 1.10 bits per heavy atom. The molecule has 1 aromatic carbocycles. The molecule has 1 aliphatic rings. The van der Waals surface area contributed by atoms with Crippen LogP contribution >= 0.6 is 11.8 Å². The Labute approximate surface area is 127 Å². The van der Waals surface area contributed by atoms with Gasteiger partial charge in [-0.15, -0.1) is 0 Å². The second-order valence-corrected chi connectivity index (χ2v) is 6.15. The van der Waals surface area contributed by atoms with E-state index in [1.165, 1.54) is 11.8 Å². The summed E-state index contributed by atoms with van der Waals surface area (Å²) in [7, 11) is 0. The van der Waals surface area contributed by atoms with Crippen molar-refractivity contribution in [2.24, 2.45) is 0 Å². The molecule has 0 aliphatic carbocycles. The Morgan fingerprint density at radius 2 is 1.86 bits per heavy atom. The summed E-state index contributed by atoms with van der Waals surface area (Å²) in [6.45, 7) is 5.28. The van der Waals surface area contributed by atoms with E-state index in [1.807, 2.05) is 32.0 Å². The molecule has 0 spiro atoms. The molecule has 21 heavy (non-hydrogen) atoms. The molecular formula is C15H17N3O2S. The van der Waals surface area contributed by atoms with E-state index in [0.717, 1.165) is 27.2 Å². The van der Waals surface area contributed by atoms with Crippen LogP contribution < -0.4 is 15.2 Å². The maximum absolute atomic E-state index is 5.85. The summed E-state index contributed by atoms with van der Waals surface area (Å²) in [4.78, 5) is 9.83. The first-order chi connectivity index (χ1) is 10.1. The fourth-order valence-corrected chi connectivity index (χ4v) is 2.84. The number of hydrogen-bond donors (Lipinski definition) is 1. The lowest BCUT2D eigenvalue weighted by atomic mass is 10.2. The SMILES string of the molecule is CC(C)c1nc(N)cc(Sc2ccc3c(c2)OCCO3)n1. The molecule has 2 aromatic rings. The van der Waals surface area contributed by atoms with Gasteiger partial charge in [0.1, 0.15) is 29.9 Å². The third-order valence-corrected chi connectivity index (χ3v) is 3.90. The van der Waals surface area contributed by atoms with Crippen LogP contribution in [0.1, 0.15) is 25.6 Å². The number of fused-ring (bicyclic) bond motifs is 1. The maximum atomic E-state index is 5.85. The number of nitrogen functional groups attached to an aromatic ring is 1. The van der Waals surface area contributed by atoms with Gasteiger partial charge in [-0.2, -0.15) is 0 Å². The van der Waals surface area contributed by atoms with Crippen molar-refractivity contribution in [3.8, 4) is 11.5 Å². The predicted molar refractivity (Wildman–Crippen MR) is 82.1 cm³/mol. The van der Waals surface area contributed by atoms with Gasteiger partial charge in [-0.25, -0.2) is 9.97 Å². The van der Waals surface area contributed by atoms with E-state index >= 15 is 0 Å². The second kappa shape index (κ2) is 5.81. The van der Waals surface area contributed by atoms with Gasteiger partial charge in [-0.1, -0.05) is 25.6 Å². The topological polar surface area (TPSA) is 70.3 Å². The Kier molecular flexibility index (Phi) is 3.88. The molecule has 2 heterocycles. The maximum Gasteiger partial charge on any atom is 0.162 e. The van der Waals surface area contributed by atoms with Gasteiger partial charge in [0.15, 0.2) is 11.5 Å². The minimum absolute atomic E-state index is 0.244. The van der Waals surface area contributed by atoms with E-state index in [0.29, 0.717) is 19.0 Å². The van der Waals surface area contributed by atoms with Crippen LogP contribution in [0.25, 0.3) is 0 Å². The van der Waals surface area contributed by atoms with Crippen molar-refractivity contribution in [1.82, 2.24) is 9.97 Å². The van der Waals surface area contributed by atoms with E-state index < -0.39 is 0 Å². The molecule has 0 saturated heterocycles. The molecule has 110 valence electrons. The van der Waals surface area contributed by atoms with Gasteiger partial charge in [-0.3, -0.25) is 0 Å². The molecule has 1 aromatic heterocycles. The monoisotopic (exact) mass is 303 g/mol. The van der Waals surface area contributed by atoms with E-state index in [9.17, 15) is 0 Å². The van der Waals surface area contributed by atoms with E-state index in [-0.39, 0.29) is 5.92 Å². The first-order valence-corrected chi connectivity index (χ1v) is 7.65. The fourth-order valence-electron chi connectivity index (χ4n) is 1.98. The fraction of sp³-hybridized carbons (Fsp3) is 0.333. The minimum atomic E-state index is 0.244. The van der Waals surface area contributed by atoms with Crippen LogP contribution in [0.4, 0.5) is 5.82 Å². The van der Waals surface area contributed by atoms with Crippen LogP contribution in [0.2, 0.25) is 0 Å². The number of nitrogens with two attached hydrogens (primary N) is 1. The summed E-state index contributed by atoms with van der Waals surface area (Å²) in [6, 6.07) is 7.66. The zero-order valence-corrected chi connectivity index (χ0v) is 12.8. The highest BCUT2D eigenvalue weighted by Gasteiger charge is 2.13. The van der Waals surface area contributed by atoms with Crippen molar-refractivity contribution in [1.29, 1.82) is 0 Å². The highest BCUT2D eigenvalue weighted by molar-refractivity contribution is 7.99. The number of ether oxygens (including phenoxy) is 2. The highest BCUT2D eigenvalue weighted by Crippen LogP contribution is 2.36. The molecule has 3 rings (SSSR count). The van der Waals surface area contributed by atoms with Crippen LogP contribution in [0, 0.1) is 0 Å². The molecule has 1 aliphatic heterocycles. The molecule has 0 bridgehead atoms. The number of benzene rings is 1. The molecule has 0 atom stereocenters. The molecule has 2 N–H and O–H groups in total. The number of nitrogens with zero attached hydrogens (tertiary/aromatic N) is 2. The summed E-state index contributed by atoms with van der Waals surface area (Å²) in [5.41, 5.74) is 5.85.